The van der Waals surface area contributed by atoms with E-state index in [1.54, 1.807) is 18.0 Å². The van der Waals surface area contributed by atoms with Gasteiger partial charge in [-0.1, -0.05) is 54.2 Å². The molecule has 2 aromatic heterocycles. The van der Waals surface area contributed by atoms with Crippen molar-refractivity contribution in [1.82, 2.24) is 19.9 Å². The van der Waals surface area contributed by atoms with Crippen LogP contribution in [-0.4, -0.2) is 27.0 Å². The van der Waals surface area contributed by atoms with Crippen molar-refractivity contribution in [2.45, 2.75) is 24.4 Å². The largest absolute Gasteiger partial charge is 0.352 e. The Kier molecular flexibility index (Phi) is 5.91. The normalized spacial score (nSPS) is 10.9. The van der Waals surface area contributed by atoms with E-state index in [4.69, 9.17) is 4.98 Å². The first-order valence-corrected chi connectivity index (χ1v) is 10.6. The minimum absolute atomic E-state index is 0.0459. The molecule has 4 aromatic rings. The van der Waals surface area contributed by atoms with Crippen molar-refractivity contribution in [3.05, 3.63) is 89.7 Å². The number of fused-ring (bicyclic) bond motifs is 1. The molecule has 2 heterocycles. The number of imidazole rings is 1. The van der Waals surface area contributed by atoms with Crippen molar-refractivity contribution in [1.29, 1.82) is 0 Å². The molecule has 1 N–H and O–H groups in total. The van der Waals surface area contributed by atoms with Crippen molar-refractivity contribution in [3.63, 3.8) is 0 Å². The Hall–Kier alpha value is -3.12. The van der Waals surface area contributed by atoms with Gasteiger partial charge in [-0.05, 0) is 36.2 Å². The number of rotatable bonds is 7. The molecule has 0 aliphatic rings. The van der Waals surface area contributed by atoms with E-state index in [0.29, 0.717) is 18.7 Å². The molecule has 2 aromatic carbocycles. The first-order valence-electron chi connectivity index (χ1n) is 9.58. The molecule has 0 spiro atoms. The predicted molar refractivity (Wildman–Crippen MR) is 117 cm³/mol. The van der Waals surface area contributed by atoms with Crippen LogP contribution in [0.15, 0.2) is 78.2 Å². The first kappa shape index (κ1) is 19.2. The Bertz CT molecular complexity index is 1110. The minimum atomic E-state index is -0.0459. The molecule has 1 amide bonds. The van der Waals surface area contributed by atoms with Crippen molar-refractivity contribution < 1.29 is 4.79 Å². The van der Waals surface area contributed by atoms with E-state index in [9.17, 15) is 4.79 Å². The van der Waals surface area contributed by atoms with Crippen LogP contribution >= 0.6 is 11.8 Å². The van der Waals surface area contributed by atoms with Gasteiger partial charge in [-0.2, -0.15) is 0 Å². The number of benzene rings is 2. The van der Waals surface area contributed by atoms with Gasteiger partial charge in [0.05, 0.1) is 23.8 Å². The maximum Gasteiger partial charge on any atom is 0.251 e. The van der Waals surface area contributed by atoms with Crippen LogP contribution in [0.25, 0.3) is 11.0 Å². The van der Waals surface area contributed by atoms with Gasteiger partial charge in [-0.15, -0.1) is 0 Å². The summed E-state index contributed by atoms with van der Waals surface area (Å²) in [5.41, 5.74) is 5.00. The maximum atomic E-state index is 12.0. The Morgan fingerprint density at radius 2 is 1.83 bits per heavy atom. The molecular weight excluding hydrogens is 380 g/mol. The molecule has 0 bridgehead atoms. The van der Waals surface area contributed by atoms with Crippen LogP contribution in [0.2, 0.25) is 0 Å². The zero-order valence-corrected chi connectivity index (χ0v) is 17.0. The van der Waals surface area contributed by atoms with Gasteiger partial charge in [-0.3, -0.25) is 9.78 Å². The summed E-state index contributed by atoms with van der Waals surface area (Å²) in [4.78, 5) is 21.1. The second-order valence-corrected chi connectivity index (χ2v) is 7.62. The van der Waals surface area contributed by atoms with Gasteiger partial charge >= 0.3 is 0 Å². The topological polar surface area (TPSA) is 59.8 Å². The van der Waals surface area contributed by atoms with E-state index < -0.39 is 0 Å². The Labute approximate surface area is 174 Å². The highest BCUT2D eigenvalue weighted by atomic mass is 32.2. The van der Waals surface area contributed by atoms with Crippen LogP contribution in [0, 0.1) is 0 Å². The molecule has 0 aliphatic carbocycles. The second kappa shape index (κ2) is 8.92. The van der Waals surface area contributed by atoms with Crippen molar-refractivity contribution in [3.8, 4) is 0 Å². The number of hydrogen-bond acceptors (Lipinski definition) is 4. The van der Waals surface area contributed by atoms with Gasteiger partial charge in [0.15, 0.2) is 5.16 Å². The highest BCUT2D eigenvalue weighted by molar-refractivity contribution is 7.98. The van der Waals surface area contributed by atoms with Crippen LogP contribution in [0.4, 0.5) is 0 Å². The summed E-state index contributed by atoms with van der Waals surface area (Å²) in [5, 5.41) is 3.79. The molecule has 6 heteroatoms. The lowest BCUT2D eigenvalue weighted by atomic mass is 10.1. The lowest BCUT2D eigenvalue weighted by Gasteiger charge is -2.10. The molecule has 0 saturated heterocycles. The number of nitrogens with zero attached hydrogens (tertiary/aromatic N) is 3. The summed E-state index contributed by atoms with van der Waals surface area (Å²) in [7, 11) is 0. The Morgan fingerprint density at radius 1 is 1.03 bits per heavy atom. The average Bonchev–Trinajstić information content (AvgIpc) is 3.11. The van der Waals surface area contributed by atoms with E-state index in [1.165, 1.54) is 5.56 Å². The van der Waals surface area contributed by atoms with Crippen molar-refractivity contribution in [2.75, 3.05) is 6.54 Å². The number of carbonyl (C=O) groups excluding carboxylic acids is 1. The molecule has 0 unspecified atom stereocenters. The summed E-state index contributed by atoms with van der Waals surface area (Å²) in [6, 6.07) is 20.1. The molecule has 5 nitrogen and oxygen atoms in total. The number of nitrogens with one attached hydrogen (secondary N) is 1. The number of hydrogen-bond donors (Lipinski definition) is 1. The number of amides is 1. The number of pyridine rings is 1. The lowest BCUT2D eigenvalue weighted by Crippen LogP contribution is -2.22. The first-order chi connectivity index (χ1) is 14.2. The van der Waals surface area contributed by atoms with Crippen LogP contribution in [0.1, 0.15) is 28.4 Å². The summed E-state index contributed by atoms with van der Waals surface area (Å²) >= 11 is 1.72. The summed E-state index contributed by atoms with van der Waals surface area (Å²) in [6.45, 7) is 3.21. The predicted octanol–water partition coefficient (Wildman–Crippen LogP) is 4.52. The third-order valence-corrected chi connectivity index (χ3v) is 5.67. The summed E-state index contributed by atoms with van der Waals surface area (Å²) in [6.07, 6.45) is 3.63. The molecule has 4 rings (SSSR count). The smallest absolute Gasteiger partial charge is 0.251 e. The summed E-state index contributed by atoms with van der Waals surface area (Å²) in [5.74, 6) is 0.809. The fraction of sp³-hybridized carbons (Fsp3) is 0.174. The van der Waals surface area contributed by atoms with E-state index in [-0.39, 0.29) is 5.91 Å². The van der Waals surface area contributed by atoms with Crippen LogP contribution in [0.5, 0.6) is 0 Å². The monoisotopic (exact) mass is 402 g/mol. The highest BCUT2D eigenvalue weighted by Crippen LogP contribution is 2.27. The number of aromatic nitrogens is 3. The fourth-order valence-corrected chi connectivity index (χ4v) is 4.11. The molecule has 0 atom stereocenters. The molecule has 146 valence electrons. The number of carbonyl (C=O) groups is 1. The molecular formula is C23H22N4OS. The highest BCUT2D eigenvalue weighted by Gasteiger charge is 2.13. The van der Waals surface area contributed by atoms with E-state index in [1.807, 2.05) is 49.5 Å². The van der Waals surface area contributed by atoms with Gasteiger partial charge in [0.1, 0.15) is 0 Å². The number of thioether (sulfide) groups is 1. The second-order valence-electron chi connectivity index (χ2n) is 6.68. The quantitative estimate of drug-likeness (QED) is 0.462. The van der Waals surface area contributed by atoms with Crippen LogP contribution in [0.3, 0.4) is 0 Å². The van der Waals surface area contributed by atoms with E-state index >= 15 is 0 Å². The van der Waals surface area contributed by atoms with Gasteiger partial charge in [0.25, 0.3) is 5.91 Å². The third kappa shape index (κ3) is 4.49. The minimum Gasteiger partial charge on any atom is -0.352 e. The van der Waals surface area contributed by atoms with Gasteiger partial charge in [0.2, 0.25) is 0 Å². The zero-order valence-electron chi connectivity index (χ0n) is 16.2. The molecule has 0 aliphatic heterocycles. The SMILES string of the molecule is CCNC(=O)c1ccc(Cn2c(SCc3ccccc3)nc3ccncc32)cc1. The van der Waals surface area contributed by atoms with Crippen LogP contribution < -0.4 is 5.32 Å². The summed E-state index contributed by atoms with van der Waals surface area (Å²) < 4.78 is 2.19. The van der Waals surface area contributed by atoms with Gasteiger partial charge in [0, 0.05) is 24.1 Å². The Balaban J connectivity index is 1.59. The molecule has 29 heavy (non-hydrogen) atoms. The zero-order chi connectivity index (χ0) is 20.1. The van der Waals surface area contributed by atoms with Gasteiger partial charge < -0.3 is 9.88 Å². The van der Waals surface area contributed by atoms with Crippen molar-refractivity contribution in [2.24, 2.45) is 0 Å². The standard InChI is InChI=1S/C23H22N4OS/c1-2-25-22(28)19-10-8-17(9-11-19)15-27-21-14-24-13-12-20(21)26-23(27)29-16-18-6-4-3-5-7-18/h3-14H,2,15-16H2,1H3,(H,25,28). The molecule has 0 fully saturated rings. The molecule has 0 saturated carbocycles. The van der Waals surface area contributed by atoms with Crippen LogP contribution in [-0.2, 0) is 12.3 Å². The third-order valence-electron chi connectivity index (χ3n) is 4.62. The van der Waals surface area contributed by atoms with E-state index in [0.717, 1.165) is 27.5 Å². The molecule has 0 radical (unpaired) electrons. The van der Waals surface area contributed by atoms with Crippen molar-refractivity contribution >= 4 is 28.7 Å². The average molecular weight is 403 g/mol. The lowest BCUT2D eigenvalue weighted by molar-refractivity contribution is 0.0956. The Morgan fingerprint density at radius 3 is 2.59 bits per heavy atom. The van der Waals surface area contributed by atoms with E-state index in [2.05, 4.69) is 39.1 Å². The maximum absolute atomic E-state index is 12.0. The van der Waals surface area contributed by atoms with Gasteiger partial charge in [-0.25, -0.2) is 4.98 Å². The fourth-order valence-electron chi connectivity index (χ4n) is 3.14.